The average molecular weight is 322 g/mol. The van der Waals surface area contributed by atoms with Gasteiger partial charge < -0.3 is 10.2 Å². The predicted molar refractivity (Wildman–Crippen MR) is 93.3 cm³/mol. The second-order valence-electron chi connectivity index (χ2n) is 6.10. The molecule has 3 rings (SSSR count). The summed E-state index contributed by atoms with van der Waals surface area (Å²) in [6, 6.07) is 15.1. The molecule has 4 nitrogen and oxygen atoms in total. The van der Waals surface area contributed by atoms with E-state index in [1.807, 2.05) is 62.4 Å². The molecule has 0 spiro atoms. The Bertz CT molecular complexity index is 770. The summed E-state index contributed by atoms with van der Waals surface area (Å²) >= 11 is 0. The lowest BCUT2D eigenvalue weighted by Crippen LogP contribution is -2.47. The van der Waals surface area contributed by atoms with Gasteiger partial charge in [0, 0.05) is 13.1 Å². The molecular weight excluding hydrogens is 300 g/mol. The highest BCUT2D eigenvalue weighted by molar-refractivity contribution is 5.92. The number of hydrogen-bond acceptors (Lipinski definition) is 2. The van der Waals surface area contributed by atoms with Crippen molar-refractivity contribution in [2.75, 3.05) is 6.54 Å². The summed E-state index contributed by atoms with van der Waals surface area (Å²) in [6.45, 7) is 4.93. The van der Waals surface area contributed by atoms with E-state index in [2.05, 4.69) is 5.32 Å². The van der Waals surface area contributed by atoms with Crippen molar-refractivity contribution in [3.63, 3.8) is 0 Å². The van der Waals surface area contributed by atoms with E-state index in [9.17, 15) is 9.59 Å². The zero-order chi connectivity index (χ0) is 17.1. The predicted octanol–water partition coefficient (Wildman–Crippen LogP) is 2.76. The molecular formula is C20H22N2O2. The molecule has 1 atom stereocenters. The first-order chi connectivity index (χ1) is 11.6. The molecule has 0 radical (unpaired) electrons. The SMILES string of the molecule is CCN1C(=O)Cc2ccccc2[C@@H]1C(=O)NCc1ccccc1C. The number of hydrogen-bond donors (Lipinski definition) is 1. The van der Waals surface area contributed by atoms with Crippen LogP contribution in [-0.2, 0) is 22.6 Å². The Hall–Kier alpha value is -2.62. The first-order valence-electron chi connectivity index (χ1n) is 8.31. The number of nitrogens with one attached hydrogen (secondary N) is 1. The lowest BCUT2D eigenvalue weighted by molar-refractivity contribution is -0.141. The number of nitrogens with zero attached hydrogens (tertiary/aromatic N) is 1. The standard InChI is InChI=1S/C20H22N2O2/c1-3-22-18(23)12-15-9-6-7-11-17(15)19(22)20(24)21-13-16-10-5-4-8-14(16)2/h4-11,19H,3,12-13H2,1-2H3,(H,21,24)/t19-/m1/s1. The largest absolute Gasteiger partial charge is 0.350 e. The maximum Gasteiger partial charge on any atom is 0.247 e. The molecule has 24 heavy (non-hydrogen) atoms. The Labute approximate surface area is 142 Å². The lowest BCUT2D eigenvalue weighted by atomic mass is 9.91. The molecule has 4 heteroatoms. The summed E-state index contributed by atoms with van der Waals surface area (Å²) in [7, 11) is 0. The first-order valence-corrected chi connectivity index (χ1v) is 8.31. The van der Waals surface area contributed by atoms with E-state index in [1.54, 1.807) is 4.90 Å². The highest BCUT2D eigenvalue weighted by Gasteiger charge is 2.35. The van der Waals surface area contributed by atoms with Gasteiger partial charge in [0.2, 0.25) is 11.8 Å². The van der Waals surface area contributed by atoms with E-state index < -0.39 is 6.04 Å². The zero-order valence-electron chi connectivity index (χ0n) is 14.1. The summed E-state index contributed by atoms with van der Waals surface area (Å²) < 4.78 is 0. The Morgan fingerprint density at radius 2 is 1.88 bits per heavy atom. The highest BCUT2D eigenvalue weighted by Crippen LogP contribution is 2.30. The van der Waals surface area contributed by atoms with Crippen LogP contribution in [0.5, 0.6) is 0 Å². The Kier molecular flexibility index (Phi) is 4.65. The zero-order valence-corrected chi connectivity index (χ0v) is 14.1. The molecule has 1 aliphatic heterocycles. The van der Waals surface area contributed by atoms with Crippen LogP contribution in [0.1, 0.15) is 35.2 Å². The first kappa shape index (κ1) is 16.2. The number of likely N-dealkylation sites (N-methyl/N-ethyl adjacent to an activating group) is 1. The monoisotopic (exact) mass is 322 g/mol. The Morgan fingerprint density at radius 3 is 2.62 bits per heavy atom. The van der Waals surface area contributed by atoms with Crippen molar-refractivity contribution in [1.29, 1.82) is 0 Å². The van der Waals surface area contributed by atoms with Crippen LogP contribution in [0.25, 0.3) is 0 Å². The number of aryl methyl sites for hydroxylation is 1. The molecule has 2 amide bonds. The van der Waals surface area contributed by atoms with Crippen LogP contribution in [0.4, 0.5) is 0 Å². The molecule has 0 fully saturated rings. The quantitative estimate of drug-likeness (QED) is 0.941. The molecule has 1 heterocycles. The van der Waals surface area contributed by atoms with Gasteiger partial charge in [-0.1, -0.05) is 48.5 Å². The van der Waals surface area contributed by atoms with Gasteiger partial charge in [0.1, 0.15) is 6.04 Å². The Morgan fingerprint density at radius 1 is 1.17 bits per heavy atom. The number of fused-ring (bicyclic) bond motifs is 1. The minimum Gasteiger partial charge on any atom is -0.350 e. The minimum atomic E-state index is -0.545. The second kappa shape index (κ2) is 6.87. The molecule has 2 aromatic rings. The smallest absolute Gasteiger partial charge is 0.247 e. The fourth-order valence-corrected chi connectivity index (χ4v) is 3.27. The summed E-state index contributed by atoms with van der Waals surface area (Å²) in [5.74, 6) is -0.118. The van der Waals surface area contributed by atoms with Crippen molar-refractivity contribution in [3.8, 4) is 0 Å². The third-order valence-electron chi connectivity index (χ3n) is 4.63. The van der Waals surface area contributed by atoms with Gasteiger partial charge in [0.25, 0.3) is 0 Å². The van der Waals surface area contributed by atoms with Gasteiger partial charge in [0.15, 0.2) is 0 Å². The summed E-state index contributed by atoms with van der Waals surface area (Å²) in [5, 5.41) is 3.00. The molecule has 0 aromatic heterocycles. The fraction of sp³-hybridized carbons (Fsp3) is 0.300. The molecule has 0 unspecified atom stereocenters. The third-order valence-corrected chi connectivity index (χ3v) is 4.63. The van der Waals surface area contributed by atoms with Crippen molar-refractivity contribution < 1.29 is 9.59 Å². The molecule has 0 aliphatic carbocycles. The van der Waals surface area contributed by atoms with Crippen LogP contribution in [0.2, 0.25) is 0 Å². The van der Waals surface area contributed by atoms with Gasteiger partial charge in [-0.2, -0.15) is 0 Å². The number of amides is 2. The molecule has 1 aliphatic rings. The number of carbonyl (C=O) groups is 2. The van der Waals surface area contributed by atoms with Gasteiger partial charge in [-0.15, -0.1) is 0 Å². The van der Waals surface area contributed by atoms with Gasteiger partial charge in [-0.05, 0) is 36.1 Å². The van der Waals surface area contributed by atoms with Crippen molar-refractivity contribution in [2.45, 2.75) is 32.9 Å². The average Bonchev–Trinajstić information content (AvgIpc) is 2.59. The molecule has 124 valence electrons. The lowest BCUT2D eigenvalue weighted by Gasteiger charge is -2.35. The number of benzene rings is 2. The van der Waals surface area contributed by atoms with E-state index >= 15 is 0 Å². The van der Waals surface area contributed by atoms with E-state index in [-0.39, 0.29) is 11.8 Å². The van der Waals surface area contributed by atoms with E-state index in [4.69, 9.17) is 0 Å². The number of rotatable bonds is 4. The normalized spacial score (nSPS) is 16.7. The fourth-order valence-electron chi connectivity index (χ4n) is 3.27. The highest BCUT2D eigenvalue weighted by atomic mass is 16.2. The molecule has 2 aromatic carbocycles. The van der Waals surface area contributed by atoms with Crippen molar-refractivity contribution in [1.82, 2.24) is 10.2 Å². The van der Waals surface area contributed by atoms with Crippen molar-refractivity contribution >= 4 is 11.8 Å². The van der Waals surface area contributed by atoms with Crippen LogP contribution >= 0.6 is 0 Å². The second-order valence-corrected chi connectivity index (χ2v) is 6.10. The molecule has 0 saturated carbocycles. The van der Waals surface area contributed by atoms with E-state index in [1.165, 1.54) is 0 Å². The van der Waals surface area contributed by atoms with E-state index in [0.717, 1.165) is 22.3 Å². The Balaban J connectivity index is 1.84. The summed E-state index contributed by atoms with van der Waals surface area (Å²) in [6.07, 6.45) is 0.367. The van der Waals surface area contributed by atoms with Gasteiger partial charge in [-0.3, -0.25) is 9.59 Å². The van der Waals surface area contributed by atoms with Gasteiger partial charge >= 0.3 is 0 Å². The maximum atomic E-state index is 12.9. The third kappa shape index (κ3) is 3.04. The molecule has 0 saturated heterocycles. The maximum absolute atomic E-state index is 12.9. The van der Waals surface area contributed by atoms with Crippen molar-refractivity contribution in [3.05, 3.63) is 70.8 Å². The topological polar surface area (TPSA) is 49.4 Å². The van der Waals surface area contributed by atoms with Crippen LogP contribution in [0.3, 0.4) is 0 Å². The van der Waals surface area contributed by atoms with Gasteiger partial charge in [-0.25, -0.2) is 0 Å². The van der Waals surface area contributed by atoms with E-state index in [0.29, 0.717) is 19.5 Å². The van der Waals surface area contributed by atoms with Crippen LogP contribution in [0.15, 0.2) is 48.5 Å². The van der Waals surface area contributed by atoms with Crippen LogP contribution < -0.4 is 5.32 Å². The molecule has 0 bridgehead atoms. The van der Waals surface area contributed by atoms with Crippen molar-refractivity contribution in [2.24, 2.45) is 0 Å². The van der Waals surface area contributed by atoms with Crippen LogP contribution in [-0.4, -0.2) is 23.3 Å². The number of carbonyl (C=O) groups excluding carboxylic acids is 2. The van der Waals surface area contributed by atoms with Crippen LogP contribution in [0, 0.1) is 6.92 Å². The summed E-state index contributed by atoms with van der Waals surface area (Å²) in [5.41, 5.74) is 4.11. The summed E-state index contributed by atoms with van der Waals surface area (Å²) in [4.78, 5) is 26.9. The molecule has 1 N–H and O–H groups in total. The minimum absolute atomic E-state index is 0.00671. The van der Waals surface area contributed by atoms with Gasteiger partial charge in [0.05, 0.1) is 6.42 Å².